The number of aromatic nitrogens is 2. The summed E-state index contributed by atoms with van der Waals surface area (Å²) in [7, 11) is 0. The van der Waals surface area contributed by atoms with Crippen LogP contribution in [-0.2, 0) is 11.0 Å². The van der Waals surface area contributed by atoms with Crippen LogP contribution in [0.25, 0.3) is 10.9 Å². The van der Waals surface area contributed by atoms with E-state index in [1.807, 2.05) is 0 Å². The van der Waals surface area contributed by atoms with E-state index in [1.165, 1.54) is 6.07 Å². The molecule has 2 aromatic carbocycles. The number of hydrogen-bond donors (Lipinski definition) is 1. The highest BCUT2D eigenvalue weighted by Gasteiger charge is 2.35. The maximum absolute atomic E-state index is 13.0. The molecular weight excluding hydrogens is 399 g/mol. The Morgan fingerprint density at radius 1 is 1.15 bits per heavy atom. The molecular formula is C18H13ClF3N3OS. The fraction of sp³-hybridized carbons (Fsp3) is 0.167. The highest BCUT2D eigenvalue weighted by Crippen LogP contribution is 2.32. The van der Waals surface area contributed by atoms with E-state index in [9.17, 15) is 18.0 Å². The van der Waals surface area contributed by atoms with Crippen molar-refractivity contribution in [3.05, 3.63) is 58.9 Å². The summed E-state index contributed by atoms with van der Waals surface area (Å²) in [5, 5.41) is 3.78. The van der Waals surface area contributed by atoms with Crippen LogP contribution >= 0.6 is 23.4 Å². The van der Waals surface area contributed by atoms with Gasteiger partial charge in [0.25, 0.3) is 0 Å². The molecule has 0 bridgehead atoms. The van der Waals surface area contributed by atoms with Gasteiger partial charge in [-0.1, -0.05) is 47.6 Å². The number of benzene rings is 2. The second kappa shape index (κ2) is 7.74. The van der Waals surface area contributed by atoms with Gasteiger partial charge in [0, 0.05) is 16.1 Å². The number of carbonyl (C=O) groups is 1. The maximum Gasteiger partial charge on any atom is 0.451 e. The standard InChI is InChI=1S/C18H13ClF3N3OS/c1-10-12(19)6-4-8-13(10)23-15(26)9-27-16-11-5-2-3-7-14(11)24-17(25-16)18(20,21)22/h2-8H,9H2,1H3,(H,23,26). The third-order valence-corrected chi connectivity index (χ3v) is 5.10. The summed E-state index contributed by atoms with van der Waals surface area (Å²) in [5.41, 5.74) is 1.44. The van der Waals surface area contributed by atoms with Crippen molar-refractivity contribution >= 4 is 45.9 Å². The van der Waals surface area contributed by atoms with Crippen LogP contribution in [0.3, 0.4) is 0 Å². The quantitative estimate of drug-likeness (QED) is 0.465. The fourth-order valence-electron chi connectivity index (χ4n) is 2.35. The number of nitrogens with one attached hydrogen (secondary N) is 1. The van der Waals surface area contributed by atoms with E-state index >= 15 is 0 Å². The SMILES string of the molecule is Cc1c(Cl)cccc1NC(=O)CSc1nc(C(F)(F)F)nc2ccccc12. The van der Waals surface area contributed by atoms with Gasteiger partial charge < -0.3 is 5.32 Å². The molecule has 1 aromatic heterocycles. The summed E-state index contributed by atoms with van der Waals surface area (Å²) < 4.78 is 39.1. The molecule has 0 spiro atoms. The lowest BCUT2D eigenvalue weighted by Crippen LogP contribution is -2.16. The van der Waals surface area contributed by atoms with Crippen molar-refractivity contribution < 1.29 is 18.0 Å². The highest BCUT2D eigenvalue weighted by atomic mass is 35.5. The number of nitrogens with zero attached hydrogens (tertiary/aromatic N) is 2. The summed E-state index contributed by atoms with van der Waals surface area (Å²) in [5.74, 6) is -1.71. The largest absolute Gasteiger partial charge is 0.451 e. The maximum atomic E-state index is 13.0. The van der Waals surface area contributed by atoms with Gasteiger partial charge in [0.2, 0.25) is 11.7 Å². The van der Waals surface area contributed by atoms with Gasteiger partial charge >= 0.3 is 6.18 Å². The number of halogens is 4. The van der Waals surface area contributed by atoms with Gasteiger partial charge in [0.05, 0.1) is 11.3 Å². The number of fused-ring (bicyclic) bond motifs is 1. The molecule has 0 aliphatic heterocycles. The minimum absolute atomic E-state index is 0.103. The number of anilines is 1. The van der Waals surface area contributed by atoms with Crippen molar-refractivity contribution in [2.24, 2.45) is 0 Å². The molecule has 1 amide bonds. The van der Waals surface area contributed by atoms with Crippen LogP contribution in [0.1, 0.15) is 11.4 Å². The Morgan fingerprint density at radius 2 is 1.89 bits per heavy atom. The fourth-order valence-corrected chi connectivity index (χ4v) is 3.34. The molecule has 0 radical (unpaired) electrons. The Morgan fingerprint density at radius 3 is 2.63 bits per heavy atom. The number of para-hydroxylation sites is 1. The van der Waals surface area contributed by atoms with E-state index in [0.29, 0.717) is 21.7 Å². The molecule has 9 heteroatoms. The van der Waals surface area contributed by atoms with Gasteiger partial charge in [-0.15, -0.1) is 0 Å². The Labute approximate surface area is 162 Å². The van der Waals surface area contributed by atoms with Crippen LogP contribution in [-0.4, -0.2) is 21.6 Å². The Balaban J connectivity index is 1.82. The van der Waals surface area contributed by atoms with Crippen LogP contribution in [0.5, 0.6) is 0 Å². The topological polar surface area (TPSA) is 54.9 Å². The Kier molecular flexibility index (Phi) is 5.57. The molecule has 1 N–H and O–H groups in total. The molecule has 4 nitrogen and oxygen atoms in total. The predicted octanol–water partition coefficient (Wildman–Crippen LogP) is 5.34. The van der Waals surface area contributed by atoms with Crippen LogP contribution in [0.15, 0.2) is 47.5 Å². The highest BCUT2D eigenvalue weighted by molar-refractivity contribution is 8.00. The number of thioether (sulfide) groups is 1. The summed E-state index contributed by atoms with van der Waals surface area (Å²) in [6, 6.07) is 11.5. The molecule has 3 rings (SSSR count). The molecule has 0 fully saturated rings. The first-order valence-corrected chi connectivity index (χ1v) is 9.14. The van der Waals surface area contributed by atoms with Gasteiger partial charge in [0.1, 0.15) is 5.03 Å². The van der Waals surface area contributed by atoms with Gasteiger partial charge in [0.15, 0.2) is 0 Å². The third-order valence-electron chi connectivity index (χ3n) is 3.70. The molecule has 140 valence electrons. The van der Waals surface area contributed by atoms with E-state index in [4.69, 9.17) is 11.6 Å². The summed E-state index contributed by atoms with van der Waals surface area (Å²) in [4.78, 5) is 19.4. The van der Waals surface area contributed by atoms with E-state index < -0.39 is 12.0 Å². The zero-order chi connectivity index (χ0) is 19.6. The zero-order valence-corrected chi connectivity index (χ0v) is 15.5. The summed E-state index contributed by atoms with van der Waals surface area (Å²) >= 11 is 6.94. The average Bonchev–Trinajstić information content (AvgIpc) is 2.62. The van der Waals surface area contributed by atoms with Crippen molar-refractivity contribution in [3.8, 4) is 0 Å². The second-order valence-corrected chi connectivity index (χ2v) is 6.99. The number of rotatable bonds is 4. The molecule has 0 saturated heterocycles. The Bertz CT molecular complexity index is 1010. The zero-order valence-electron chi connectivity index (χ0n) is 14.0. The first-order valence-electron chi connectivity index (χ1n) is 7.77. The lowest BCUT2D eigenvalue weighted by atomic mass is 10.2. The molecule has 27 heavy (non-hydrogen) atoms. The van der Waals surface area contributed by atoms with Gasteiger partial charge in [-0.05, 0) is 30.7 Å². The summed E-state index contributed by atoms with van der Waals surface area (Å²) in [6.45, 7) is 1.76. The molecule has 0 unspecified atom stereocenters. The van der Waals surface area contributed by atoms with Crippen molar-refractivity contribution in [1.82, 2.24) is 9.97 Å². The predicted molar refractivity (Wildman–Crippen MR) is 100 cm³/mol. The average molecular weight is 412 g/mol. The second-order valence-electron chi connectivity index (χ2n) is 5.62. The first-order chi connectivity index (χ1) is 12.8. The van der Waals surface area contributed by atoms with E-state index in [-0.39, 0.29) is 22.2 Å². The molecule has 3 aromatic rings. The van der Waals surface area contributed by atoms with Crippen LogP contribution in [0.2, 0.25) is 5.02 Å². The minimum Gasteiger partial charge on any atom is -0.325 e. The van der Waals surface area contributed by atoms with Crippen LogP contribution < -0.4 is 5.32 Å². The van der Waals surface area contributed by atoms with Crippen molar-refractivity contribution in [3.63, 3.8) is 0 Å². The molecule has 0 saturated carbocycles. The van der Waals surface area contributed by atoms with Crippen LogP contribution in [0.4, 0.5) is 18.9 Å². The molecule has 0 aliphatic carbocycles. The Hall–Kier alpha value is -2.32. The van der Waals surface area contributed by atoms with Gasteiger partial charge in [-0.3, -0.25) is 4.79 Å². The minimum atomic E-state index is -4.67. The van der Waals surface area contributed by atoms with Crippen molar-refractivity contribution in [2.45, 2.75) is 18.1 Å². The van der Waals surface area contributed by atoms with Crippen LogP contribution in [0, 0.1) is 6.92 Å². The molecule has 1 heterocycles. The number of amides is 1. The molecule has 0 aliphatic rings. The monoisotopic (exact) mass is 411 g/mol. The van der Waals surface area contributed by atoms with Crippen molar-refractivity contribution in [1.29, 1.82) is 0 Å². The summed E-state index contributed by atoms with van der Waals surface area (Å²) in [6.07, 6.45) is -4.67. The van der Waals surface area contributed by atoms with E-state index in [0.717, 1.165) is 11.8 Å². The lowest BCUT2D eigenvalue weighted by Gasteiger charge is -2.11. The van der Waals surface area contributed by atoms with Crippen molar-refractivity contribution in [2.75, 3.05) is 11.1 Å². The van der Waals surface area contributed by atoms with E-state index in [1.54, 1.807) is 43.3 Å². The van der Waals surface area contributed by atoms with Gasteiger partial charge in [-0.2, -0.15) is 13.2 Å². The third kappa shape index (κ3) is 4.51. The number of alkyl halides is 3. The molecule has 0 atom stereocenters. The van der Waals surface area contributed by atoms with E-state index in [2.05, 4.69) is 15.3 Å². The van der Waals surface area contributed by atoms with Gasteiger partial charge in [-0.25, -0.2) is 9.97 Å². The lowest BCUT2D eigenvalue weighted by molar-refractivity contribution is -0.145. The number of hydrogen-bond acceptors (Lipinski definition) is 4. The first kappa shape index (κ1) is 19.4. The smallest absolute Gasteiger partial charge is 0.325 e. The number of carbonyl (C=O) groups excluding carboxylic acids is 1. The normalized spacial score (nSPS) is 11.6.